The molecule has 0 spiro atoms. The molecule has 4 nitrogen and oxygen atoms in total. The average molecular weight is 449 g/mol. The van der Waals surface area contributed by atoms with Gasteiger partial charge in [0.25, 0.3) is 0 Å². The second-order valence-corrected chi connectivity index (χ2v) is 9.31. The van der Waals surface area contributed by atoms with Crippen LogP contribution in [-0.4, -0.2) is 11.6 Å². The van der Waals surface area contributed by atoms with E-state index < -0.39 is 11.8 Å². The molecule has 0 aliphatic heterocycles. The van der Waals surface area contributed by atoms with Crippen molar-refractivity contribution in [2.24, 2.45) is 11.8 Å². The number of benzene rings is 3. The number of Topliss-reactive ketones (excluding diaryl/α,β-unsaturated/α-hetero) is 2. The third kappa shape index (κ3) is 3.75. The molecule has 2 atom stereocenters. The van der Waals surface area contributed by atoms with E-state index in [-0.39, 0.29) is 11.6 Å². The average Bonchev–Trinajstić information content (AvgIpc) is 2.83. The Kier molecular flexibility index (Phi) is 5.45. The number of carbonyl (C=O) groups is 2. The van der Waals surface area contributed by atoms with Gasteiger partial charge in [-0.05, 0) is 86.3 Å². The molecule has 4 heteroatoms. The Morgan fingerprint density at radius 3 is 1.35 bits per heavy atom. The zero-order chi connectivity index (χ0) is 24.0. The number of fused-ring (bicyclic) bond motifs is 2. The van der Waals surface area contributed by atoms with Crippen LogP contribution in [0.1, 0.15) is 43.0 Å². The summed E-state index contributed by atoms with van der Waals surface area (Å²) in [6, 6.07) is 16.0. The van der Waals surface area contributed by atoms with Crippen LogP contribution in [0.2, 0.25) is 0 Å². The quantitative estimate of drug-likeness (QED) is 0.445. The van der Waals surface area contributed by atoms with Gasteiger partial charge in [0.1, 0.15) is 0 Å². The maximum absolute atomic E-state index is 13.7. The molecule has 34 heavy (non-hydrogen) atoms. The lowest BCUT2D eigenvalue weighted by Crippen LogP contribution is -2.36. The molecule has 0 amide bonds. The van der Waals surface area contributed by atoms with Crippen molar-refractivity contribution < 1.29 is 9.59 Å². The van der Waals surface area contributed by atoms with Crippen molar-refractivity contribution in [3.05, 3.63) is 106 Å². The van der Waals surface area contributed by atoms with E-state index in [0.717, 1.165) is 22.5 Å². The molecule has 3 aromatic carbocycles. The van der Waals surface area contributed by atoms with Crippen molar-refractivity contribution in [3.63, 3.8) is 0 Å². The molecule has 2 N–H and O–H groups in total. The fourth-order valence-electron chi connectivity index (χ4n) is 4.71. The molecule has 2 aliphatic rings. The van der Waals surface area contributed by atoms with Crippen LogP contribution in [0.4, 0.5) is 22.7 Å². The van der Waals surface area contributed by atoms with Gasteiger partial charge in [-0.2, -0.15) is 0 Å². The molecular weight excluding hydrogens is 420 g/mol. The number of hydrogen-bond donors (Lipinski definition) is 2. The third-order valence-electron chi connectivity index (χ3n) is 7.01. The molecule has 170 valence electrons. The van der Waals surface area contributed by atoms with Gasteiger partial charge in [-0.15, -0.1) is 0 Å². The predicted molar refractivity (Wildman–Crippen MR) is 139 cm³/mol. The molecule has 0 bridgehead atoms. The van der Waals surface area contributed by atoms with Gasteiger partial charge in [0.15, 0.2) is 11.6 Å². The van der Waals surface area contributed by atoms with Crippen LogP contribution in [0, 0.1) is 39.5 Å². The number of anilines is 4. The summed E-state index contributed by atoms with van der Waals surface area (Å²) in [5.74, 6) is -1.00. The fourth-order valence-corrected chi connectivity index (χ4v) is 4.71. The van der Waals surface area contributed by atoms with E-state index in [0.29, 0.717) is 22.5 Å². The fraction of sp³-hybridized carbons (Fsp3) is 0.200. The van der Waals surface area contributed by atoms with E-state index in [1.807, 2.05) is 48.6 Å². The van der Waals surface area contributed by atoms with Crippen molar-refractivity contribution in [2.75, 3.05) is 10.6 Å². The van der Waals surface area contributed by atoms with Crippen LogP contribution in [-0.2, 0) is 0 Å². The monoisotopic (exact) mass is 448 g/mol. The molecule has 0 saturated carbocycles. The first kappa shape index (κ1) is 21.9. The maximum atomic E-state index is 13.7. The number of nitrogens with one attached hydrogen (secondary N) is 2. The summed E-state index contributed by atoms with van der Waals surface area (Å²) < 4.78 is 0. The number of allylic oxidation sites excluding steroid dienone is 4. The van der Waals surface area contributed by atoms with E-state index in [4.69, 9.17) is 0 Å². The standard InChI is InChI=1S/C30H28N2O2/c1-17-9-11-21(15-19(17)3)31-25-13-14-26(32-22-12-10-18(2)20(4)16-22)28-27(25)29(33)23-7-5-6-8-24(23)30(28)34/h5-16,23-24,31-32H,1-4H3/t23-,24-/m0/s1. The van der Waals surface area contributed by atoms with Crippen molar-refractivity contribution in [2.45, 2.75) is 27.7 Å². The molecule has 0 saturated heterocycles. The van der Waals surface area contributed by atoms with Gasteiger partial charge in [0.05, 0.1) is 34.3 Å². The van der Waals surface area contributed by atoms with Crippen LogP contribution in [0.15, 0.2) is 72.8 Å². The third-order valence-corrected chi connectivity index (χ3v) is 7.01. The molecular formula is C30H28N2O2. The summed E-state index contributed by atoms with van der Waals surface area (Å²) in [7, 11) is 0. The van der Waals surface area contributed by atoms with Crippen LogP contribution < -0.4 is 10.6 Å². The Labute approximate surface area is 200 Å². The maximum Gasteiger partial charge on any atom is 0.173 e. The van der Waals surface area contributed by atoms with Gasteiger partial charge in [-0.3, -0.25) is 9.59 Å². The minimum Gasteiger partial charge on any atom is -0.355 e. The number of ketones is 2. The molecule has 0 heterocycles. The van der Waals surface area contributed by atoms with Crippen molar-refractivity contribution >= 4 is 34.3 Å². The lowest BCUT2D eigenvalue weighted by atomic mass is 9.71. The van der Waals surface area contributed by atoms with Gasteiger partial charge < -0.3 is 10.6 Å². The van der Waals surface area contributed by atoms with Crippen LogP contribution in [0.25, 0.3) is 0 Å². The summed E-state index contributed by atoms with van der Waals surface area (Å²) in [5.41, 5.74) is 8.74. The Morgan fingerprint density at radius 1 is 0.559 bits per heavy atom. The number of hydrogen-bond acceptors (Lipinski definition) is 4. The smallest absolute Gasteiger partial charge is 0.173 e. The highest BCUT2D eigenvalue weighted by Crippen LogP contribution is 2.42. The SMILES string of the molecule is Cc1ccc(Nc2ccc(Nc3ccc(C)c(C)c3)c3c2C(=O)[C@H]2C=CC=C[C@@H]2C3=O)cc1C. The van der Waals surface area contributed by atoms with Gasteiger partial charge in [0.2, 0.25) is 0 Å². The highest BCUT2D eigenvalue weighted by Gasteiger charge is 2.42. The Morgan fingerprint density at radius 2 is 0.971 bits per heavy atom. The van der Waals surface area contributed by atoms with Gasteiger partial charge in [0, 0.05) is 11.4 Å². The number of rotatable bonds is 4. The predicted octanol–water partition coefficient (Wildman–Crippen LogP) is 7.14. The zero-order valence-corrected chi connectivity index (χ0v) is 19.9. The van der Waals surface area contributed by atoms with Crippen LogP contribution in [0.3, 0.4) is 0 Å². The highest BCUT2D eigenvalue weighted by atomic mass is 16.1. The highest BCUT2D eigenvalue weighted by molar-refractivity contribution is 6.22. The van der Waals surface area contributed by atoms with Crippen LogP contribution in [0.5, 0.6) is 0 Å². The topological polar surface area (TPSA) is 58.2 Å². The minimum atomic E-state index is -0.470. The molecule has 0 fully saturated rings. The van der Waals surface area contributed by atoms with E-state index in [9.17, 15) is 9.59 Å². The van der Waals surface area contributed by atoms with Crippen LogP contribution >= 0.6 is 0 Å². The van der Waals surface area contributed by atoms with E-state index in [2.05, 4.69) is 62.6 Å². The summed E-state index contributed by atoms with van der Waals surface area (Å²) in [5, 5.41) is 6.82. The van der Waals surface area contributed by atoms with Crippen molar-refractivity contribution in [3.8, 4) is 0 Å². The second kappa shape index (κ2) is 8.45. The lowest BCUT2D eigenvalue weighted by Gasteiger charge is -2.31. The van der Waals surface area contributed by atoms with Gasteiger partial charge in [-0.1, -0.05) is 36.4 Å². The van der Waals surface area contributed by atoms with Gasteiger partial charge >= 0.3 is 0 Å². The molecule has 0 radical (unpaired) electrons. The molecule has 0 aromatic heterocycles. The molecule has 2 aliphatic carbocycles. The second-order valence-electron chi connectivity index (χ2n) is 9.31. The first-order chi connectivity index (χ1) is 16.3. The first-order valence-corrected chi connectivity index (χ1v) is 11.6. The van der Waals surface area contributed by atoms with E-state index >= 15 is 0 Å². The van der Waals surface area contributed by atoms with E-state index in [1.165, 1.54) is 11.1 Å². The molecule has 5 rings (SSSR count). The lowest BCUT2D eigenvalue weighted by molar-refractivity contribution is 0.0803. The molecule has 0 unspecified atom stereocenters. The Bertz CT molecular complexity index is 1290. The summed E-state index contributed by atoms with van der Waals surface area (Å²) >= 11 is 0. The normalized spacial score (nSPS) is 18.5. The van der Waals surface area contributed by atoms with Gasteiger partial charge in [-0.25, -0.2) is 0 Å². The minimum absolute atomic E-state index is 0.0322. The van der Waals surface area contributed by atoms with E-state index in [1.54, 1.807) is 0 Å². The molecule has 3 aromatic rings. The van der Waals surface area contributed by atoms with Crippen molar-refractivity contribution in [1.82, 2.24) is 0 Å². The number of carbonyl (C=O) groups excluding carboxylic acids is 2. The Hall–Kier alpha value is -3.92. The van der Waals surface area contributed by atoms with Crippen molar-refractivity contribution in [1.29, 1.82) is 0 Å². The first-order valence-electron chi connectivity index (χ1n) is 11.6. The largest absolute Gasteiger partial charge is 0.355 e. The summed E-state index contributed by atoms with van der Waals surface area (Å²) in [4.78, 5) is 27.5. The number of aryl methyl sites for hydroxylation is 4. The Balaban J connectivity index is 1.64. The summed E-state index contributed by atoms with van der Waals surface area (Å²) in [6.07, 6.45) is 7.39. The summed E-state index contributed by atoms with van der Waals surface area (Å²) in [6.45, 7) is 8.26. The zero-order valence-electron chi connectivity index (χ0n) is 19.9.